The molecule has 0 heterocycles. The molecule has 0 spiro atoms. The van der Waals surface area contributed by atoms with Crippen molar-refractivity contribution in [1.82, 2.24) is 0 Å². The van der Waals surface area contributed by atoms with Gasteiger partial charge in [0, 0.05) is 5.41 Å². The second-order valence-electron chi connectivity index (χ2n) is 5.16. The molecule has 16 heavy (non-hydrogen) atoms. The lowest BCUT2D eigenvalue weighted by molar-refractivity contribution is -0.129. The average Bonchev–Trinajstić information content (AvgIpc) is 2.31. The van der Waals surface area contributed by atoms with Crippen LogP contribution in [0.4, 0.5) is 4.39 Å². The first kappa shape index (κ1) is 11.6. The summed E-state index contributed by atoms with van der Waals surface area (Å²) in [6.07, 6.45) is 0.555. The monoisotopic (exact) mass is 222 g/mol. The fourth-order valence-corrected chi connectivity index (χ4v) is 3.24. The second kappa shape index (κ2) is 3.85. The molecule has 1 fully saturated rings. The van der Waals surface area contributed by atoms with Crippen LogP contribution in [0.1, 0.15) is 38.7 Å². The minimum atomic E-state index is -0.317. The highest BCUT2D eigenvalue weighted by Gasteiger charge is 2.56. The van der Waals surface area contributed by atoms with Crippen LogP contribution in [0.15, 0.2) is 24.3 Å². The van der Waals surface area contributed by atoms with Crippen LogP contribution in [-0.2, 0) is 0 Å². The van der Waals surface area contributed by atoms with Gasteiger partial charge >= 0.3 is 0 Å². The largest absolute Gasteiger partial charge is 0.392 e. The third kappa shape index (κ3) is 1.40. The van der Waals surface area contributed by atoms with Gasteiger partial charge in [-0.05, 0) is 29.9 Å². The smallest absolute Gasteiger partial charge is 0.126 e. The van der Waals surface area contributed by atoms with E-state index in [2.05, 4.69) is 13.8 Å². The molecule has 1 nitrogen and oxygen atoms in total. The van der Waals surface area contributed by atoms with E-state index >= 15 is 0 Å². The van der Waals surface area contributed by atoms with Gasteiger partial charge in [-0.25, -0.2) is 4.39 Å². The maximum atomic E-state index is 13.8. The third-order valence-corrected chi connectivity index (χ3v) is 4.41. The summed E-state index contributed by atoms with van der Waals surface area (Å²) >= 11 is 0. The van der Waals surface area contributed by atoms with Crippen molar-refractivity contribution in [2.75, 3.05) is 0 Å². The molecule has 0 saturated heterocycles. The van der Waals surface area contributed by atoms with E-state index in [-0.39, 0.29) is 29.2 Å². The van der Waals surface area contributed by atoms with Crippen LogP contribution in [0.25, 0.3) is 0 Å². The lowest BCUT2D eigenvalue weighted by atomic mass is 9.50. The minimum Gasteiger partial charge on any atom is -0.392 e. The molecule has 1 aliphatic rings. The van der Waals surface area contributed by atoms with Crippen molar-refractivity contribution in [2.24, 2.45) is 11.3 Å². The Balaban J connectivity index is 2.38. The number of benzene rings is 1. The summed E-state index contributed by atoms with van der Waals surface area (Å²) in [4.78, 5) is 0. The first-order chi connectivity index (χ1) is 7.52. The summed E-state index contributed by atoms with van der Waals surface area (Å²) in [7, 11) is 0. The number of aliphatic hydroxyl groups is 1. The third-order valence-electron chi connectivity index (χ3n) is 4.41. The average molecular weight is 222 g/mol. The van der Waals surface area contributed by atoms with Gasteiger partial charge in [0.25, 0.3) is 0 Å². The Morgan fingerprint density at radius 1 is 1.38 bits per heavy atom. The predicted octanol–water partition coefficient (Wildman–Crippen LogP) is 3.34. The quantitative estimate of drug-likeness (QED) is 0.813. The molecule has 2 rings (SSSR count). The van der Waals surface area contributed by atoms with E-state index in [4.69, 9.17) is 0 Å². The van der Waals surface area contributed by atoms with Gasteiger partial charge in [-0.2, -0.15) is 0 Å². The lowest BCUT2D eigenvalue weighted by Crippen LogP contribution is -2.56. The van der Waals surface area contributed by atoms with Crippen LogP contribution in [0.5, 0.6) is 0 Å². The molecule has 4 atom stereocenters. The number of aliphatic hydroxyl groups excluding tert-OH is 1. The van der Waals surface area contributed by atoms with Crippen LogP contribution in [0, 0.1) is 17.2 Å². The number of hydrogen-bond acceptors (Lipinski definition) is 1. The topological polar surface area (TPSA) is 20.2 Å². The van der Waals surface area contributed by atoms with Gasteiger partial charge in [-0.15, -0.1) is 0 Å². The van der Waals surface area contributed by atoms with E-state index < -0.39 is 0 Å². The van der Waals surface area contributed by atoms with Gasteiger partial charge in [0.15, 0.2) is 0 Å². The highest BCUT2D eigenvalue weighted by Crippen LogP contribution is 2.58. The lowest BCUT2D eigenvalue weighted by Gasteiger charge is -2.57. The van der Waals surface area contributed by atoms with Crippen LogP contribution in [0.2, 0.25) is 0 Å². The Hall–Kier alpha value is -0.890. The Bertz CT molecular complexity index is 390. The Morgan fingerprint density at radius 2 is 2.00 bits per heavy atom. The van der Waals surface area contributed by atoms with E-state index in [1.165, 1.54) is 6.07 Å². The molecule has 0 amide bonds. The van der Waals surface area contributed by atoms with Crippen molar-refractivity contribution in [1.29, 1.82) is 0 Å². The number of rotatable bonds is 2. The standard InChI is InChI=1S/C14H19FO/c1-4-14(3)12(9(2)13(14)16)10-7-5-6-8-11(10)15/h5-9,12-13,16H,4H2,1-3H3. The summed E-state index contributed by atoms with van der Waals surface area (Å²) in [5, 5.41) is 10.0. The fourth-order valence-electron chi connectivity index (χ4n) is 3.24. The molecule has 0 radical (unpaired) electrons. The summed E-state index contributed by atoms with van der Waals surface area (Å²) in [6, 6.07) is 6.92. The van der Waals surface area contributed by atoms with Crippen molar-refractivity contribution in [3.05, 3.63) is 35.6 Å². The van der Waals surface area contributed by atoms with E-state index in [0.29, 0.717) is 0 Å². The molecule has 88 valence electrons. The van der Waals surface area contributed by atoms with Gasteiger partial charge in [0.05, 0.1) is 6.10 Å². The number of halogens is 1. The molecule has 1 aromatic rings. The fraction of sp³-hybridized carbons (Fsp3) is 0.571. The summed E-state index contributed by atoms with van der Waals surface area (Å²) < 4.78 is 13.8. The minimum absolute atomic E-state index is 0.133. The normalized spacial score (nSPS) is 38.2. The molecular weight excluding hydrogens is 203 g/mol. The van der Waals surface area contributed by atoms with E-state index in [9.17, 15) is 9.50 Å². The molecule has 1 aromatic carbocycles. The highest BCUT2D eigenvalue weighted by molar-refractivity contribution is 5.30. The van der Waals surface area contributed by atoms with E-state index in [1.54, 1.807) is 6.07 Å². The van der Waals surface area contributed by atoms with Gasteiger partial charge in [-0.3, -0.25) is 0 Å². The van der Waals surface area contributed by atoms with Crippen LogP contribution >= 0.6 is 0 Å². The summed E-state index contributed by atoms with van der Waals surface area (Å²) in [6.45, 7) is 6.11. The molecule has 1 N–H and O–H groups in total. The summed E-state index contributed by atoms with van der Waals surface area (Å²) in [5.74, 6) is 0.126. The van der Waals surface area contributed by atoms with Crippen molar-refractivity contribution < 1.29 is 9.50 Å². The molecule has 4 unspecified atom stereocenters. The van der Waals surface area contributed by atoms with E-state index in [1.807, 2.05) is 19.1 Å². The second-order valence-corrected chi connectivity index (χ2v) is 5.16. The van der Waals surface area contributed by atoms with Gasteiger partial charge in [0.1, 0.15) is 5.82 Å². The van der Waals surface area contributed by atoms with Crippen LogP contribution in [0.3, 0.4) is 0 Å². The molecule has 0 bridgehead atoms. The highest BCUT2D eigenvalue weighted by atomic mass is 19.1. The Morgan fingerprint density at radius 3 is 2.56 bits per heavy atom. The zero-order valence-electron chi connectivity index (χ0n) is 10.1. The first-order valence-corrected chi connectivity index (χ1v) is 5.95. The van der Waals surface area contributed by atoms with Gasteiger partial charge in [-0.1, -0.05) is 39.0 Å². The van der Waals surface area contributed by atoms with Crippen molar-refractivity contribution >= 4 is 0 Å². The van der Waals surface area contributed by atoms with Crippen LogP contribution < -0.4 is 0 Å². The van der Waals surface area contributed by atoms with Crippen molar-refractivity contribution in [3.63, 3.8) is 0 Å². The molecule has 0 aromatic heterocycles. The summed E-state index contributed by atoms with van der Waals surface area (Å²) in [5.41, 5.74) is 0.575. The number of hydrogen-bond donors (Lipinski definition) is 1. The predicted molar refractivity (Wildman–Crippen MR) is 62.7 cm³/mol. The van der Waals surface area contributed by atoms with Crippen molar-refractivity contribution in [3.8, 4) is 0 Å². The SMILES string of the molecule is CCC1(C)C(O)C(C)C1c1ccccc1F. The first-order valence-electron chi connectivity index (χ1n) is 5.95. The Labute approximate surface area is 96.3 Å². The molecule has 0 aliphatic heterocycles. The maximum Gasteiger partial charge on any atom is 0.126 e. The van der Waals surface area contributed by atoms with Crippen molar-refractivity contribution in [2.45, 2.75) is 39.2 Å². The zero-order valence-corrected chi connectivity index (χ0v) is 10.1. The zero-order chi connectivity index (χ0) is 11.9. The maximum absolute atomic E-state index is 13.8. The Kier molecular flexibility index (Phi) is 2.79. The van der Waals surface area contributed by atoms with E-state index in [0.717, 1.165) is 12.0 Å². The molecule has 1 aliphatic carbocycles. The van der Waals surface area contributed by atoms with Crippen LogP contribution in [-0.4, -0.2) is 11.2 Å². The molecular formula is C14H19FO. The molecule has 1 saturated carbocycles. The van der Waals surface area contributed by atoms with Gasteiger partial charge < -0.3 is 5.11 Å². The molecule has 2 heteroatoms. The van der Waals surface area contributed by atoms with Gasteiger partial charge in [0.2, 0.25) is 0 Å².